The first-order valence-electron chi connectivity index (χ1n) is 6.41. The summed E-state index contributed by atoms with van der Waals surface area (Å²) in [6.45, 7) is 1.84. The Labute approximate surface area is 115 Å². The first-order chi connectivity index (χ1) is 9.11. The Hall–Kier alpha value is -1.47. The minimum Gasteiger partial charge on any atom is -0.345 e. The number of nitrogens with one attached hydrogen (secondary N) is 2. The molecule has 0 spiro atoms. The Morgan fingerprint density at radius 1 is 1.37 bits per heavy atom. The van der Waals surface area contributed by atoms with Crippen LogP contribution in [0.15, 0.2) is 0 Å². The smallest absolute Gasteiger partial charge is 0.315 e. The molecule has 102 valence electrons. The number of carbonyl (C=O) groups is 2. The van der Waals surface area contributed by atoms with Gasteiger partial charge in [0.05, 0.1) is 5.69 Å². The Morgan fingerprint density at radius 3 is 2.89 bits per heavy atom. The van der Waals surface area contributed by atoms with Gasteiger partial charge >= 0.3 is 11.8 Å². The molecular weight excluding hydrogens is 264 g/mol. The highest BCUT2D eigenvalue weighted by atomic mass is 32.1. The van der Waals surface area contributed by atoms with Crippen molar-refractivity contribution in [2.24, 2.45) is 0 Å². The highest BCUT2D eigenvalue weighted by Gasteiger charge is 2.27. The van der Waals surface area contributed by atoms with E-state index in [1.807, 2.05) is 0 Å². The van der Waals surface area contributed by atoms with Crippen LogP contribution in [0.1, 0.15) is 23.4 Å². The number of nitrogens with zero attached hydrogens (tertiary/aromatic N) is 2. The van der Waals surface area contributed by atoms with Crippen LogP contribution >= 0.6 is 11.3 Å². The SMILES string of the molecule is CN1CCc2nc(NC(=O)C(=O)NC3CC3)sc2C1. The number of rotatable bonds is 2. The van der Waals surface area contributed by atoms with Crippen LogP contribution in [0.5, 0.6) is 0 Å². The van der Waals surface area contributed by atoms with Crippen LogP contribution in [0.2, 0.25) is 0 Å². The van der Waals surface area contributed by atoms with Gasteiger partial charge in [-0.1, -0.05) is 0 Å². The second-order valence-corrected chi connectivity index (χ2v) is 6.16. The highest BCUT2D eigenvalue weighted by molar-refractivity contribution is 7.16. The summed E-state index contributed by atoms with van der Waals surface area (Å²) in [5.74, 6) is -1.18. The van der Waals surface area contributed by atoms with Gasteiger partial charge in [0.15, 0.2) is 5.13 Å². The fourth-order valence-electron chi connectivity index (χ4n) is 2.01. The van der Waals surface area contributed by atoms with E-state index in [1.54, 1.807) is 0 Å². The summed E-state index contributed by atoms with van der Waals surface area (Å²) in [5.41, 5.74) is 1.04. The van der Waals surface area contributed by atoms with E-state index < -0.39 is 11.8 Å². The predicted octanol–water partition coefficient (Wildman–Crippen LogP) is 0.348. The predicted molar refractivity (Wildman–Crippen MR) is 71.9 cm³/mol. The summed E-state index contributed by atoms with van der Waals surface area (Å²) < 4.78 is 0. The summed E-state index contributed by atoms with van der Waals surface area (Å²) >= 11 is 1.45. The Kier molecular flexibility index (Phi) is 3.24. The average Bonchev–Trinajstić information content (AvgIpc) is 3.08. The first-order valence-corrected chi connectivity index (χ1v) is 7.22. The molecule has 0 atom stereocenters. The maximum atomic E-state index is 11.7. The van der Waals surface area contributed by atoms with Gasteiger partial charge in [0.2, 0.25) is 0 Å². The van der Waals surface area contributed by atoms with Crippen LogP contribution in [0.4, 0.5) is 5.13 Å². The maximum Gasteiger partial charge on any atom is 0.315 e. The normalized spacial score (nSPS) is 18.8. The van der Waals surface area contributed by atoms with Crippen molar-refractivity contribution >= 4 is 28.3 Å². The molecule has 1 fully saturated rings. The fraction of sp³-hybridized carbons (Fsp3) is 0.583. The van der Waals surface area contributed by atoms with Crippen molar-refractivity contribution in [3.63, 3.8) is 0 Å². The van der Waals surface area contributed by atoms with Gasteiger partial charge in [-0.3, -0.25) is 14.9 Å². The van der Waals surface area contributed by atoms with Gasteiger partial charge in [0.25, 0.3) is 0 Å². The first kappa shape index (κ1) is 12.6. The summed E-state index contributed by atoms with van der Waals surface area (Å²) in [5, 5.41) is 5.77. The second-order valence-electron chi connectivity index (χ2n) is 5.08. The van der Waals surface area contributed by atoms with Crippen LogP contribution in [0, 0.1) is 0 Å². The van der Waals surface area contributed by atoms with E-state index in [2.05, 4.69) is 27.6 Å². The topological polar surface area (TPSA) is 74.3 Å². The van der Waals surface area contributed by atoms with E-state index in [1.165, 1.54) is 16.2 Å². The number of hydrogen-bond acceptors (Lipinski definition) is 5. The van der Waals surface area contributed by atoms with Gasteiger partial charge in [0.1, 0.15) is 0 Å². The summed E-state index contributed by atoms with van der Waals surface area (Å²) in [6, 6.07) is 0.191. The third-order valence-electron chi connectivity index (χ3n) is 3.26. The third kappa shape index (κ3) is 2.93. The highest BCUT2D eigenvalue weighted by Crippen LogP contribution is 2.27. The quantitative estimate of drug-likeness (QED) is 0.767. The van der Waals surface area contributed by atoms with E-state index >= 15 is 0 Å². The van der Waals surface area contributed by atoms with Gasteiger partial charge in [-0.15, -0.1) is 11.3 Å². The molecule has 6 nitrogen and oxygen atoms in total. The molecule has 1 aromatic rings. The number of carbonyl (C=O) groups excluding carboxylic acids is 2. The molecule has 0 saturated heterocycles. The van der Waals surface area contributed by atoms with E-state index in [4.69, 9.17) is 0 Å². The van der Waals surface area contributed by atoms with Crippen LogP contribution in [-0.2, 0) is 22.6 Å². The monoisotopic (exact) mass is 280 g/mol. The molecular formula is C12H16N4O2S. The number of hydrogen-bond donors (Lipinski definition) is 2. The molecule has 0 radical (unpaired) electrons. The fourth-order valence-corrected chi connectivity index (χ4v) is 3.09. The molecule has 7 heteroatoms. The van der Waals surface area contributed by atoms with Gasteiger partial charge in [-0.2, -0.15) is 0 Å². The molecule has 19 heavy (non-hydrogen) atoms. The number of aromatic nitrogens is 1. The lowest BCUT2D eigenvalue weighted by molar-refractivity contribution is -0.136. The summed E-state index contributed by atoms with van der Waals surface area (Å²) in [7, 11) is 2.06. The summed E-state index contributed by atoms with van der Waals surface area (Å²) in [6.07, 6.45) is 2.83. The molecule has 1 aliphatic carbocycles. The van der Waals surface area contributed by atoms with Crippen molar-refractivity contribution in [1.82, 2.24) is 15.2 Å². The molecule has 3 rings (SSSR count). The second kappa shape index (κ2) is 4.90. The molecule has 2 amide bonds. The van der Waals surface area contributed by atoms with Gasteiger partial charge in [-0.25, -0.2) is 4.98 Å². The zero-order chi connectivity index (χ0) is 13.4. The van der Waals surface area contributed by atoms with Crippen molar-refractivity contribution in [3.05, 3.63) is 10.6 Å². The minimum absolute atomic E-state index is 0.191. The van der Waals surface area contributed by atoms with E-state index in [-0.39, 0.29) is 6.04 Å². The number of fused-ring (bicyclic) bond motifs is 1. The van der Waals surface area contributed by atoms with Crippen LogP contribution in [0.25, 0.3) is 0 Å². The Bertz CT molecular complexity index is 524. The standard InChI is InChI=1S/C12H16N4O2S/c1-16-5-4-8-9(6-16)19-12(14-8)15-11(18)10(17)13-7-2-3-7/h7H,2-6H2,1H3,(H,13,17)(H,14,15,18). The van der Waals surface area contributed by atoms with E-state index in [9.17, 15) is 9.59 Å². The van der Waals surface area contributed by atoms with Gasteiger partial charge in [-0.05, 0) is 19.9 Å². The largest absolute Gasteiger partial charge is 0.345 e. The zero-order valence-corrected chi connectivity index (χ0v) is 11.5. The van der Waals surface area contributed by atoms with Crippen LogP contribution in [-0.4, -0.2) is 41.3 Å². The van der Waals surface area contributed by atoms with Crippen molar-refractivity contribution in [3.8, 4) is 0 Å². The Balaban J connectivity index is 1.63. The van der Waals surface area contributed by atoms with Gasteiger partial charge in [0, 0.05) is 30.4 Å². The van der Waals surface area contributed by atoms with E-state index in [0.29, 0.717) is 5.13 Å². The third-order valence-corrected chi connectivity index (χ3v) is 4.26. The number of thiazole rings is 1. The zero-order valence-electron chi connectivity index (χ0n) is 10.7. The Morgan fingerprint density at radius 2 is 2.16 bits per heavy atom. The average molecular weight is 280 g/mol. The van der Waals surface area contributed by atoms with Crippen molar-refractivity contribution in [2.75, 3.05) is 18.9 Å². The van der Waals surface area contributed by atoms with Crippen molar-refractivity contribution in [1.29, 1.82) is 0 Å². The van der Waals surface area contributed by atoms with Crippen LogP contribution < -0.4 is 10.6 Å². The minimum atomic E-state index is -0.619. The maximum absolute atomic E-state index is 11.7. The molecule has 0 unspecified atom stereocenters. The lowest BCUT2D eigenvalue weighted by atomic mass is 10.2. The number of likely N-dealkylation sites (N-methyl/N-ethyl adjacent to an activating group) is 1. The number of amides is 2. The molecule has 2 heterocycles. The molecule has 1 aliphatic heterocycles. The summed E-state index contributed by atoms with van der Waals surface area (Å²) in [4.78, 5) is 31.0. The van der Waals surface area contributed by atoms with E-state index in [0.717, 1.165) is 38.0 Å². The van der Waals surface area contributed by atoms with Crippen molar-refractivity contribution in [2.45, 2.75) is 31.8 Å². The van der Waals surface area contributed by atoms with Crippen molar-refractivity contribution < 1.29 is 9.59 Å². The molecule has 2 aliphatic rings. The molecule has 0 aromatic carbocycles. The molecule has 0 bridgehead atoms. The molecule has 1 aromatic heterocycles. The van der Waals surface area contributed by atoms with Gasteiger partial charge < -0.3 is 10.2 Å². The van der Waals surface area contributed by atoms with Crippen LogP contribution in [0.3, 0.4) is 0 Å². The molecule has 1 saturated carbocycles. The number of anilines is 1. The lowest BCUT2D eigenvalue weighted by Crippen LogP contribution is -2.36. The lowest BCUT2D eigenvalue weighted by Gasteiger charge is -2.20. The molecule has 2 N–H and O–H groups in total.